The molecule has 5 rings (SSSR count). The second-order valence-electron chi connectivity index (χ2n) is 8.04. The molecule has 0 unspecified atom stereocenters. The van der Waals surface area contributed by atoms with E-state index in [-0.39, 0.29) is 12.1 Å². The fourth-order valence-corrected chi connectivity index (χ4v) is 4.89. The van der Waals surface area contributed by atoms with Crippen molar-refractivity contribution in [3.8, 4) is 23.0 Å². The maximum absolute atomic E-state index is 6.23. The minimum atomic E-state index is 0.0705. The van der Waals surface area contributed by atoms with Crippen LogP contribution in [0.15, 0.2) is 36.9 Å². The van der Waals surface area contributed by atoms with Gasteiger partial charge < -0.3 is 4.90 Å². The van der Waals surface area contributed by atoms with Crippen LogP contribution in [0.4, 0.5) is 5.82 Å². The second-order valence-corrected chi connectivity index (χ2v) is 8.92. The Morgan fingerprint density at radius 3 is 2.50 bits per heavy atom. The predicted molar refractivity (Wildman–Crippen MR) is 125 cm³/mol. The van der Waals surface area contributed by atoms with Crippen molar-refractivity contribution in [3.63, 3.8) is 0 Å². The van der Waals surface area contributed by atoms with Crippen LogP contribution < -0.4 is 4.90 Å². The Hall–Kier alpha value is -2.97. The molecule has 1 atom stereocenters. The van der Waals surface area contributed by atoms with Crippen LogP contribution in [-0.4, -0.2) is 40.3 Å². The molecule has 8 nitrogen and oxygen atoms in total. The molecule has 164 valence electrons. The van der Waals surface area contributed by atoms with Crippen LogP contribution in [0.3, 0.4) is 0 Å². The fraction of sp³-hybridized carbons (Fsp3) is 0.318. The van der Waals surface area contributed by atoms with E-state index < -0.39 is 0 Å². The standard InChI is InChI=1S/C22H22Cl2N8/c1-5-17-20-29-26-11-31(20)18-13(4)27-22(28-21(18)32(17)12(2)3)30-7-6-25-19(30)14-8-15(23)10-16(24)9-14/h6-12,17H,5H2,1-4H3/t17-/m1/s1. The molecule has 1 aliphatic heterocycles. The first-order chi connectivity index (χ1) is 15.4. The van der Waals surface area contributed by atoms with Gasteiger partial charge in [-0.25, -0.2) is 9.97 Å². The largest absolute Gasteiger partial charge is 0.342 e. The van der Waals surface area contributed by atoms with Gasteiger partial charge in [0.1, 0.15) is 17.8 Å². The van der Waals surface area contributed by atoms with Crippen molar-refractivity contribution >= 4 is 29.0 Å². The van der Waals surface area contributed by atoms with Crippen molar-refractivity contribution < 1.29 is 0 Å². The van der Waals surface area contributed by atoms with E-state index in [0.29, 0.717) is 21.8 Å². The summed E-state index contributed by atoms with van der Waals surface area (Å²) in [6, 6.07) is 5.63. The van der Waals surface area contributed by atoms with E-state index in [0.717, 1.165) is 35.0 Å². The van der Waals surface area contributed by atoms with Gasteiger partial charge in [0.15, 0.2) is 11.6 Å². The summed E-state index contributed by atoms with van der Waals surface area (Å²) in [6.45, 7) is 8.44. The number of imidazole rings is 1. The highest BCUT2D eigenvalue weighted by atomic mass is 35.5. The summed E-state index contributed by atoms with van der Waals surface area (Å²) in [5, 5.41) is 9.65. The van der Waals surface area contributed by atoms with E-state index in [9.17, 15) is 0 Å². The van der Waals surface area contributed by atoms with Gasteiger partial charge in [-0.1, -0.05) is 30.1 Å². The molecule has 0 spiro atoms. The molecule has 0 aliphatic carbocycles. The average molecular weight is 469 g/mol. The maximum Gasteiger partial charge on any atom is 0.237 e. The minimum Gasteiger partial charge on any atom is -0.342 e. The summed E-state index contributed by atoms with van der Waals surface area (Å²) < 4.78 is 3.86. The van der Waals surface area contributed by atoms with Gasteiger partial charge in [-0.05, 0) is 45.4 Å². The molecule has 10 heteroatoms. The highest BCUT2D eigenvalue weighted by Gasteiger charge is 2.36. The smallest absolute Gasteiger partial charge is 0.237 e. The molecule has 0 radical (unpaired) electrons. The number of anilines is 1. The predicted octanol–water partition coefficient (Wildman–Crippen LogP) is 5.20. The first-order valence-electron chi connectivity index (χ1n) is 10.5. The van der Waals surface area contributed by atoms with Crippen molar-refractivity contribution in [2.45, 2.75) is 46.2 Å². The van der Waals surface area contributed by atoms with Crippen LogP contribution in [0.2, 0.25) is 10.0 Å². The zero-order valence-electron chi connectivity index (χ0n) is 18.2. The number of halogens is 2. The Morgan fingerprint density at radius 2 is 1.81 bits per heavy atom. The van der Waals surface area contributed by atoms with Gasteiger partial charge >= 0.3 is 0 Å². The normalized spacial score (nSPS) is 15.2. The lowest BCUT2D eigenvalue weighted by atomic mass is 10.1. The fourth-order valence-electron chi connectivity index (χ4n) is 4.37. The Labute approximate surface area is 195 Å². The SMILES string of the molecule is CC[C@@H]1c2nncn2-c2c(C)nc(-n3ccnc3-c3cc(Cl)cc(Cl)c3)nc2N1C(C)C. The Morgan fingerprint density at radius 1 is 1.06 bits per heavy atom. The summed E-state index contributed by atoms with van der Waals surface area (Å²) in [7, 11) is 0. The first kappa shape index (κ1) is 20.9. The molecular weight excluding hydrogens is 447 g/mol. The summed E-state index contributed by atoms with van der Waals surface area (Å²) in [5.74, 6) is 2.95. The van der Waals surface area contributed by atoms with E-state index in [1.807, 2.05) is 34.4 Å². The van der Waals surface area contributed by atoms with Crippen molar-refractivity contribution in [1.82, 2.24) is 34.3 Å². The lowest BCUT2D eigenvalue weighted by Gasteiger charge is -2.40. The molecule has 1 aliphatic rings. The van der Waals surface area contributed by atoms with E-state index >= 15 is 0 Å². The van der Waals surface area contributed by atoms with Crippen LogP contribution in [-0.2, 0) is 0 Å². The monoisotopic (exact) mass is 468 g/mol. The molecule has 0 bridgehead atoms. The van der Waals surface area contributed by atoms with Gasteiger partial charge in [-0.2, -0.15) is 4.98 Å². The van der Waals surface area contributed by atoms with Crippen molar-refractivity contribution in [2.24, 2.45) is 0 Å². The van der Waals surface area contributed by atoms with E-state index in [4.69, 9.17) is 33.2 Å². The lowest BCUT2D eigenvalue weighted by molar-refractivity contribution is 0.496. The number of fused-ring (bicyclic) bond motifs is 3. The van der Waals surface area contributed by atoms with Gasteiger partial charge in [0.2, 0.25) is 5.95 Å². The van der Waals surface area contributed by atoms with Gasteiger partial charge in [-0.15, -0.1) is 10.2 Å². The van der Waals surface area contributed by atoms with E-state index in [2.05, 4.69) is 40.9 Å². The van der Waals surface area contributed by atoms with Crippen LogP contribution >= 0.6 is 23.2 Å². The highest BCUT2D eigenvalue weighted by Crippen LogP contribution is 2.41. The molecule has 3 aromatic heterocycles. The Kier molecular flexibility index (Phi) is 5.14. The first-order valence-corrected chi connectivity index (χ1v) is 11.2. The van der Waals surface area contributed by atoms with Crippen LogP contribution in [0.1, 0.15) is 44.8 Å². The third-order valence-corrected chi connectivity index (χ3v) is 6.08. The summed E-state index contributed by atoms with van der Waals surface area (Å²) in [5.41, 5.74) is 2.52. The Bertz CT molecular complexity index is 1290. The zero-order valence-corrected chi connectivity index (χ0v) is 19.7. The van der Waals surface area contributed by atoms with Crippen LogP contribution in [0.5, 0.6) is 0 Å². The molecule has 1 aromatic carbocycles. The number of aryl methyl sites for hydroxylation is 1. The number of aromatic nitrogens is 7. The maximum atomic E-state index is 6.23. The number of hydrogen-bond acceptors (Lipinski definition) is 6. The topological polar surface area (TPSA) is 77.5 Å². The molecule has 0 amide bonds. The summed E-state index contributed by atoms with van der Waals surface area (Å²) in [4.78, 5) is 16.7. The highest BCUT2D eigenvalue weighted by molar-refractivity contribution is 6.35. The second kappa shape index (κ2) is 7.86. The molecule has 0 N–H and O–H groups in total. The van der Waals surface area contributed by atoms with Crippen molar-refractivity contribution in [1.29, 1.82) is 0 Å². The molecule has 0 saturated heterocycles. The van der Waals surface area contributed by atoms with Gasteiger partial charge in [0.25, 0.3) is 0 Å². The molecular formula is C22H22Cl2N8. The van der Waals surface area contributed by atoms with Crippen molar-refractivity contribution in [2.75, 3.05) is 4.90 Å². The number of hydrogen-bond donors (Lipinski definition) is 0. The van der Waals surface area contributed by atoms with Crippen molar-refractivity contribution in [3.05, 3.63) is 58.5 Å². The lowest BCUT2D eigenvalue weighted by Crippen LogP contribution is -2.41. The average Bonchev–Trinajstić information content (AvgIpc) is 3.41. The molecule has 4 heterocycles. The van der Waals surface area contributed by atoms with Crippen LogP contribution in [0.25, 0.3) is 23.0 Å². The third kappa shape index (κ3) is 3.25. The third-order valence-electron chi connectivity index (χ3n) is 5.64. The summed E-state index contributed by atoms with van der Waals surface area (Å²) in [6.07, 6.45) is 6.18. The van der Waals surface area contributed by atoms with Gasteiger partial charge in [0.05, 0.1) is 11.7 Å². The quantitative estimate of drug-likeness (QED) is 0.409. The Balaban J connectivity index is 1.72. The molecule has 0 saturated carbocycles. The van der Waals surface area contributed by atoms with Gasteiger partial charge in [0, 0.05) is 34.0 Å². The van der Waals surface area contributed by atoms with E-state index in [1.54, 1.807) is 18.6 Å². The molecule has 4 aromatic rings. The number of nitrogens with zero attached hydrogens (tertiary/aromatic N) is 8. The van der Waals surface area contributed by atoms with E-state index in [1.165, 1.54) is 0 Å². The number of rotatable bonds is 4. The molecule has 32 heavy (non-hydrogen) atoms. The van der Waals surface area contributed by atoms with Gasteiger partial charge in [-0.3, -0.25) is 9.13 Å². The molecule has 0 fully saturated rings. The number of benzene rings is 1. The minimum absolute atomic E-state index is 0.0705. The summed E-state index contributed by atoms with van der Waals surface area (Å²) >= 11 is 12.5. The van der Waals surface area contributed by atoms with Crippen LogP contribution in [0, 0.1) is 6.92 Å². The zero-order chi connectivity index (χ0) is 22.6.